The van der Waals surface area contributed by atoms with E-state index in [1.807, 2.05) is 30.6 Å². The Bertz CT molecular complexity index is 1010. The molecular formula is C22H26N6OS. The molecule has 0 atom stereocenters. The average Bonchev–Trinajstić information content (AvgIpc) is 3.17. The van der Waals surface area contributed by atoms with E-state index in [2.05, 4.69) is 38.6 Å². The highest BCUT2D eigenvalue weighted by Gasteiger charge is 2.40. The molecule has 30 heavy (non-hydrogen) atoms. The number of aromatic nitrogens is 3. The highest BCUT2D eigenvalue weighted by Crippen LogP contribution is 2.44. The van der Waals surface area contributed by atoms with E-state index in [9.17, 15) is 4.79 Å². The van der Waals surface area contributed by atoms with E-state index >= 15 is 0 Å². The van der Waals surface area contributed by atoms with Crippen molar-refractivity contribution in [3.63, 3.8) is 0 Å². The van der Waals surface area contributed by atoms with Crippen LogP contribution in [-0.2, 0) is 16.8 Å². The normalized spacial score (nSPS) is 14.8. The molecule has 4 rings (SSSR count). The van der Waals surface area contributed by atoms with Crippen LogP contribution in [0.25, 0.3) is 10.7 Å². The van der Waals surface area contributed by atoms with Crippen LogP contribution in [0.5, 0.6) is 0 Å². The molecule has 1 fully saturated rings. The molecule has 1 amide bonds. The molecule has 0 aromatic carbocycles. The third-order valence-corrected chi connectivity index (χ3v) is 6.61. The molecule has 4 N–H and O–H groups in total. The molecule has 156 valence electrons. The minimum absolute atomic E-state index is 0.117. The lowest BCUT2D eigenvalue weighted by molar-refractivity contribution is -0.117. The van der Waals surface area contributed by atoms with Gasteiger partial charge < -0.3 is 16.4 Å². The first kappa shape index (κ1) is 20.4. The number of nitrogens with zero attached hydrogens (tertiary/aromatic N) is 3. The highest BCUT2D eigenvalue weighted by molar-refractivity contribution is 7.14. The van der Waals surface area contributed by atoms with Crippen LogP contribution in [0, 0.1) is 6.92 Å². The Morgan fingerprint density at radius 3 is 2.73 bits per heavy atom. The number of amides is 1. The fraction of sp³-hybridized carbons (Fsp3) is 0.364. The van der Waals surface area contributed by atoms with Gasteiger partial charge in [-0.1, -0.05) is 12.5 Å². The molecular weight excluding hydrogens is 396 g/mol. The van der Waals surface area contributed by atoms with Gasteiger partial charge in [0.1, 0.15) is 5.01 Å². The molecule has 0 aliphatic heterocycles. The van der Waals surface area contributed by atoms with Crippen LogP contribution in [0.4, 0.5) is 5.69 Å². The number of thiazole rings is 1. The molecule has 0 radical (unpaired) electrons. The quantitative estimate of drug-likeness (QED) is 0.489. The summed E-state index contributed by atoms with van der Waals surface area (Å²) in [6.07, 6.45) is 9.13. The maximum atomic E-state index is 10.8. The fourth-order valence-electron chi connectivity index (χ4n) is 3.85. The summed E-state index contributed by atoms with van der Waals surface area (Å²) < 4.78 is 0. The summed E-state index contributed by atoms with van der Waals surface area (Å²) in [5, 5.41) is 7.42. The fourth-order valence-corrected chi connectivity index (χ4v) is 4.71. The first-order valence-corrected chi connectivity index (χ1v) is 10.9. The second-order valence-corrected chi connectivity index (χ2v) is 8.91. The third kappa shape index (κ3) is 4.49. The van der Waals surface area contributed by atoms with E-state index in [1.54, 1.807) is 17.5 Å². The van der Waals surface area contributed by atoms with Crippen LogP contribution in [0.2, 0.25) is 0 Å². The van der Waals surface area contributed by atoms with Gasteiger partial charge in [0.2, 0.25) is 5.91 Å². The lowest BCUT2D eigenvalue weighted by Gasteiger charge is -2.42. The summed E-state index contributed by atoms with van der Waals surface area (Å²) in [6, 6.07) is 8.18. The molecule has 1 saturated carbocycles. The van der Waals surface area contributed by atoms with Crippen molar-refractivity contribution in [3.8, 4) is 10.7 Å². The smallest absolute Gasteiger partial charge is 0.231 e. The van der Waals surface area contributed by atoms with E-state index in [-0.39, 0.29) is 17.9 Å². The molecule has 3 aromatic heterocycles. The van der Waals surface area contributed by atoms with Crippen LogP contribution in [0.3, 0.4) is 0 Å². The molecule has 3 heterocycles. The van der Waals surface area contributed by atoms with Gasteiger partial charge in [0, 0.05) is 35.8 Å². The van der Waals surface area contributed by atoms with Crippen molar-refractivity contribution < 1.29 is 4.79 Å². The van der Waals surface area contributed by atoms with E-state index < -0.39 is 0 Å². The van der Waals surface area contributed by atoms with E-state index in [0.29, 0.717) is 6.54 Å². The Kier molecular flexibility index (Phi) is 6.06. The van der Waals surface area contributed by atoms with E-state index in [0.717, 1.165) is 40.7 Å². The maximum absolute atomic E-state index is 10.8. The summed E-state index contributed by atoms with van der Waals surface area (Å²) in [4.78, 5) is 25.5. The van der Waals surface area contributed by atoms with Crippen LogP contribution in [-0.4, -0.2) is 33.9 Å². The Balaban J connectivity index is 1.38. The molecule has 0 bridgehead atoms. The number of aryl methyl sites for hydroxylation is 1. The predicted molar refractivity (Wildman–Crippen MR) is 119 cm³/mol. The number of primary amides is 1. The first-order valence-electron chi connectivity index (χ1n) is 10.1. The summed E-state index contributed by atoms with van der Waals surface area (Å²) in [6.45, 7) is 3.73. The zero-order valence-electron chi connectivity index (χ0n) is 17.0. The second kappa shape index (κ2) is 8.89. The molecule has 7 nitrogen and oxygen atoms in total. The minimum atomic E-state index is -0.369. The monoisotopic (exact) mass is 422 g/mol. The van der Waals surface area contributed by atoms with Gasteiger partial charge in [0.25, 0.3) is 0 Å². The van der Waals surface area contributed by atoms with Crippen molar-refractivity contribution in [1.82, 2.24) is 20.3 Å². The topological polar surface area (TPSA) is 106 Å². The van der Waals surface area contributed by atoms with Gasteiger partial charge in [-0.3, -0.25) is 14.8 Å². The largest absolute Gasteiger partial charge is 0.383 e. The standard InChI is InChI=1S/C22H26N6OS/c1-15-4-2-9-25-20(15)22(7-3-8-22)14-28-16-5-6-18(26-10-16)21-27-12-17(30-21)11-24-13-19(23)29/h2,4-6,9-10,12,24,28H,3,7-8,11,13-14H2,1H3,(H2,23,29). The van der Waals surface area contributed by atoms with E-state index in [4.69, 9.17) is 5.73 Å². The number of anilines is 1. The van der Waals surface area contributed by atoms with Crippen molar-refractivity contribution in [3.05, 3.63) is 59.0 Å². The molecule has 0 unspecified atom stereocenters. The SMILES string of the molecule is Cc1cccnc1C1(CNc2ccc(-c3ncc(CNCC(N)=O)s3)nc2)CCC1. The number of nitrogens with two attached hydrogens (primary N) is 1. The van der Waals surface area contributed by atoms with Crippen LogP contribution in [0.1, 0.15) is 35.4 Å². The zero-order chi connectivity index (χ0) is 21.0. The van der Waals surface area contributed by atoms with Gasteiger partial charge >= 0.3 is 0 Å². The summed E-state index contributed by atoms with van der Waals surface area (Å²) in [5.41, 5.74) is 9.57. The number of carbonyl (C=O) groups excluding carboxylic acids is 1. The van der Waals surface area contributed by atoms with Gasteiger partial charge in [-0.25, -0.2) is 4.98 Å². The molecule has 1 aliphatic carbocycles. The maximum Gasteiger partial charge on any atom is 0.231 e. The van der Waals surface area contributed by atoms with Crippen molar-refractivity contribution in [2.75, 3.05) is 18.4 Å². The minimum Gasteiger partial charge on any atom is -0.383 e. The average molecular weight is 423 g/mol. The predicted octanol–water partition coefficient (Wildman–Crippen LogP) is 3.02. The number of hydrogen-bond acceptors (Lipinski definition) is 7. The van der Waals surface area contributed by atoms with Gasteiger partial charge in [-0.15, -0.1) is 11.3 Å². The van der Waals surface area contributed by atoms with Crippen molar-refractivity contribution >= 4 is 22.9 Å². The lowest BCUT2D eigenvalue weighted by atomic mass is 9.65. The number of hydrogen-bond donors (Lipinski definition) is 3. The Morgan fingerprint density at radius 1 is 1.20 bits per heavy atom. The molecule has 3 aromatic rings. The Labute approximate surface area is 180 Å². The lowest BCUT2D eigenvalue weighted by Crippen LogP contribution is -2.42. The van der Waals surface area contributed by atoms with Gasteiger partial charge in [0.15, 0.2) is 0 Å². The van der Waals surface area contributed by atoms with Crippen LogP contribution in [0.15, 0.2) is 42.9 Å². The van der Waals surface area contributed by atoms with Crippen molar-refractivity contribution in [2.24, 2.45) is 5.73 Å². The summed E-state index contributed by atoms with van der Waals surface area (Å²) >= 11 is 1.56. The zero-order valence-corrected chi connectivity index (χ0v) is 17.8. The Hall–Kier alpha value is -2.84. The van der Waals surface area contributed by atoms with E-state index in [1.165, 1.54) is 17.7 Å². The summed E-state index contributed by atoms with van der Waals surface area (Å²) in [7, 11) is 0. The number of nitrogens with one attached hydrogen (secondary N) is 2. The summed E-state index contributed by atoms with van der Waals surface area (Å²) in [5.74, 6) is -0.369. The number of pyridine rings is 2. The molecule has 1 aliphatic rings. The van der Waals surface area contributed by atoms with Gasteiger partial charge in [-0.2, -0.15) is 0 Å². The highest BCUT2D eigenvalue weighted by atomic mass is 32.1. The number of rotatable bonds is 9. The molecule has 8 heteroatoms. The third-order valence-electron chi connectivity index (χ3n) is 5.59. The number of carbonyl (C=O) groups is 1. The van der Waals surface area contributed by atoms with Crippen LogP contribution < -0.4 is 16.4 Å². The van der Waals surface area contributed by atoms with Crippen molar-refractivity contribution in [2.45, 2.75) is 38.1 Å². The van der Waals surface area contributed by atoms with Crippen molar-refractivity contribution in [1.29, 1.82) is 0 Å². The van der Waals surface area contributed by atoms with Gasteiger partial charge in [-0.05, 0) is 43.5 Å². The van der Waals surface area contributed by atoms with Crippen LogP contribution >= 0.6 is 11.3 Å². The second-order valence-electron chi connectivity index (χ2n) is 7.79. The Morgan fingerprint density at radius 2 is 2.07 bits per heavy atom. The van der Waals surface area contributed by atoms with Gasteiger partial charge in [0.05, 0.1) is 29.8 Å². The molecule has 0 spiro atoms. The first-order chi connectivity index (χ1) is 14.6. The molecule has 0 saturated heterocycles.